The van der Waals surface area contributed by atoms with E-state index in [1.165, 1.54) is 14.2 Å². The molecule has 1 heterocycles. The zero-order valence-corrected chi connectivity index (χ0v) is 13.7. The zero-order chi connectivity index (χ0) is 16.2. The maximum Gasteiger partial charge on any atom is 0.223 e. The van der Waals surface area contributed by atoms with Gasteiger partial charge in [-0.3, -0.25) is 4.79 Å². The lowest BCUT2D eigenvalue weighted by Gasteiger charge is -2.48. The van der Waals surface area contributed by atoms with Crippen molar-refractivity contribution >= 4 is 5.78 Å². The molecule has 5 atom stereocenters. The molecule has 2 bridgehead atoms. The molecule has 0 radical (unpaired) electrons. The second kappa shape index (κ2) is 7.84. The Balaban J connectivity index is 2.41. The number of ether oxygens (including phenoxy) is 4. The lowest BCUT2D eigenvalue weighted by atomic mass is 9.71. The molecule has 2 aliphatic rings. The molecule has 1 N–H and O–H groups in total. The summed E-state index contributed by atoms with van der Waals surface area (Å²) in [5.41, 5.74) is -1.63. The lowest BCUT2D eigenvalue weighted by molar-refractivity contribution is -0.260. The summed E-state index contributed by atoms with van der Waals surface area (Å²) >= 11 is 0. The third-order valence-electron chi connectivity index (χ3n) is 4.96. The van der Waals surface area contributed by atoms with Crippen molar-refractivity contribution in [2.75, 3.05) is 27.9 Å². The Morgan fingerprint density at radius 2 is 1.82 bits per heavy atom. The highest BCUT2D eigenvalue weighted by Gasteiger charge is 2.59. The van der Waals surface area contributed by atoms with Crippen LogP contribution in [-0.4, -0.2) is 62.9 Å². The first-order valence-electron chi connectivity index (χ1n) is 8.06. The second-order valence-corrected chi connectivity index (χ2v) is 6.21. The molecule has 2 fully saturated rings. The van der Waals surface area contributed by atoms with Crippen molar-refractivity contribution in [3.8, 4) is 0 Å². The van der Waals surface area contributed by atoms with Gasteiger partial charge in [-0.25, -0.2) is 0 Å². The van der Waals surface area contributed by atoms with Crippen LogP contribution in [-0.2, 0) is 23.7 Å². The summed E-state index contributed by atoms with van der Waals surface area (Å²) in [6, 6.07) is 0. The molecule has 0 aromatic heterocycles. The van der Waals surface area contributed by atoms with Crippen LogP contribution >= 0.6 is 0 Å². The molecule has 2 rings (SSSR count). The average Bonchev–Trinajstić information content (AvgIpc) is 2.52. The fourth-order valence-electron chi connectivity index (χ4n) is 3.76. The predicted molar refractivity (Wildman–Crippen MR) is 79.5 cm³/mol. The highest BCUT2D eigenvalue weighted by molar-refractivity contribution is 5.92. The number of methoxy groups -OCH3 is 3. The first-order valence-corrected chi connectivity index (χ1v) is 8.06. The zero-order valence-electron chi connectivity index (χ0n) is 13.7. The number of carbonyl (C=O) groups is 1. The maximum atomic E-state index is 12.8. The number of fused-ring (bicyclic) bond motifs is 2. The van der Waals surface area contributed by atoms with Gasteiger partial charge in [-0.1, -0.05) is 25.7 Å². The Kier molecular flexibility index (Phi) is 6.35. The minimum Gasteiger partial charge on any atom is -0.384 e. The molecule has 0 unspecified atom stereocenters. The van der Waals surface area contributed by atoms with E-state index in [0.29, 0.717) is 6.42 Å². The fourth-order valence-corrected chi connectivity index (χ4v) is 3.76. The predicted octanol–water partition coefficient (Wildman–Crippen LogP) is 1.29. The number of hydrogen-bond acceptors (Lipinski definition) is 6. The van der Waals surface area contributed by atoms with Gasteiger partial charge < -0.3 is 24.1 Å². The molecular formula is C16H28O6. The molecule has 0 aromatic rings. The van der Waals surface area contributed by atoms with Gasteiger partial charge in [0.05, 0.1) is 18.8 Å². The van der Waals surface area contributed by atoms with E-state index in [1.54, 1.807) is 7.11 Å². The summed E-state index contributed by atoms with van der Waals surface area (Å²) in [5, 5.41) is 11.3. The molecule has 128 valence electrons. The van der Waals surface area contributed by atoms with E-state index < -0.39 is 29.7 Å². The summed E-state index contributed by atoms with van der Waals surface area (Å²) in [4.78, 5) is 12.8. The van der Waals surface area contributed by atoms with Gasteiger partial charge in [0.15, 0.2) is 5.60 Å². The fraction of sp³-hybridized carbons (Fsp3) is 0.938. The molecule has 1 saturated heterocycles. The van der Waals surface area contributed by atoms with Crippen molar-refractivity contribution in [1.29, 1.82) is 0 Å². The van der Waals surface area contributed by atoms with Crippen LogP contribution < -0.4 is 0 Å². The molecular weight excluding hydrogens is 288 g/mol. The maximum absolute atomic E-state index is 12.8. The van der Waals surface area contributed by atoms with Crippen molar-refractivity contribution in [3.63, 3.8) is 0 Å². The highest BCUT2D eigenvalue weighted by Crippen LogP contribution is 2.40. The smallest absolute Gasteiger partial charge is 0.223 e. The van der Waals surface area contributed by atoms with Gasteiger partial charge >= 0.3 is 0 Å². The number of rotatable bonds is 4. The van der Waals surface area contributed by atoms with Crippen molar-refractivity contribution < 1.29 is 28.8 Å². The Labute approximate surface area is 132 Å². The first-order chi connectivity index (χ1) is 10.6. The van der Waals surface area contributed by atoms with Crippen LogP contribution in [0.4, 0.5) is 0 Å². The molecule has 0 amide bonds. The summed E-state index contributed by atoms with van der Waals surface area (Å²) in [6.45, 7) is 0.253. The number of ketones is 1. The van der Waals surface area contributed by atoms with E-state index >= 15 is 0 Å². The average molecular weight is 316 g/mol. The molecule has 1 aliphatic carbocycles. The Hall–Kier alpha value is -0.530. The summed E-state index contributed by atoms with van der Waals surface area (Å²) in [5.74, 6) is -0.903. The van der Waals surface area contributed by atoms with Crippen molar-refractivity contribution in [1.82, 2.24) is 0 Å². The summed E-state index contributed by atoms with van der Waals surface area (Å²) < 4.78 is 21.8. The van der Waals surface area contributed by atoms with Crippen LogP contribution in [0.5, 0.6) is 0 Å². The SMILES string of the molecule is COC[C@@H]1[C@@H]2CCCCCC[C@H](OC)[C@@]1(O)C(=O)[C@H](OC)O2. The number of Topliss-reactive ketones (excluding diaryl/α,β-unsaturated/α-hetero) is 1. The molecule has 6 heteroatoms. The molecule has 1 aliphatic heterocycles. The number of hydrogen-bond donors (Lipinski definition) is 1. The molecule has 0 aromatic carbocycles. The van der Waals surface area contributed by atoms with E-state index in [2.05, 4.69) is 0 Å². The van der Waals surface area contributed by atoms with Crippen molar-refractivity contribution in [2.45, 2.75) is 62.6 Å². The number of carbonyl (C=O) groups excluding carboxylic acids is 1. The van der Waals surface area contributed by atoms with Crippen LogP contribution in [0.2, 0.25) is 0 Å². The third kappa shape index (κ3) is 3.21. The molecule has 6 nitrogen and oxygen atoms in total. The van der Waals surface area contributed by atoms with Crippen LogP contribution in [0.1, 0.15) is 38.5 Å². The van der Waals surface area contributed by atoms with Crippen molar-refractivity contribution in [3.05, 3.63) is 0 Å². The van der Waals surface area contributed by atoms with Crippen LogP contribution in [0.25, 0.3) is 0 Å². The van der Waals surface area contributed by atoms with Gasteiger partial charge in [-0.05, 0) is 12.8 Å². The van der Waals surface area contributed by atoms with Crippen LogP contribution in [0.15, 0.2) is 0 Å². The largest absolute Gasteiger partial charge is 0.384 e. The highest BCUT2D eigenvalue weighted by atomic mass is 16.7. The second-order valence-electron chi connectivity index (χ2n) is 6.21. The topological polar surface area (TPSA) is 74.2 Å². The normalized spacial score (nSPS) is 40.5. The van der Waals surface area contributed by atoms with E-state index in [0.717, 1.165) is 32.1 Å². The molecule has 22 heavy (non-hydrogen) atoms. The Morgan fingerprint density at radius 1 is 1.14 bits per heavy atom. The first kappa shape index (κ1) is 17.8. The quantitative estimate of drug-likeness (QED) is 0.842. The minimum absolute atomic E-state index is 0.253. The third-order valence-corrected chi connectivity index (χ3v) is 4.96. The van der Waals surface area contributed by atoms with Gasteiger partial charge in [-0.15, -0.1) is 0 Å². The van der Waals surface area contributed by atoms with E-state index in [-0.39, 0.29) is 12.7 Å². The Bertz CT molecular complexity index is 374. The minimum atomic E-state index is -1.63. The van der Waals surface area contributed by atoms with Crippen LogP contribution in [0, 0.1) is 5.92 Å². The van der Waals surface area contributed by atoms with Gasteiger partial charge in [0.2, 0.25) is 12.1 Å². The van der Waals surface area contributed by atoms with Gasteiger partial charge in [0, 0.05) is 27.2 Å². The lowest BCUT2D eigenvalue weighted by Crippen LogP contribution is -2.68. The van der Waals surface area contributed by atoms with E-state index in [4.69, 9.17) is 18.9 Å². The van der Waals surface area contributed by atoms with Gasteiger partial charge in [0.1, 0.15) is 0 Å². The van der Waals surface area contributed by atoms with Crippen LogP contribution in [0.3, 0.4) is 0 Å². The van der Waals surface area contributed by atoms with Gasteiger partial charge in [0.25, 0.3) is 0 Å². The van der Waals surface area contributed by atoms with E-state index in [9.17, 15) is 9.90 Å². The standard InChI is InChI=1S/C16H28O6/c1-19-10-11-12-8-6-4-5-7-9-13(20-2)16(11,18)14(17)15(21-3)22-12/h11-13,15,18H,4-10H2,1-3H3/t11-,12+,13+,15-,16-/m1/s1. The monoisotopic (exact) mass is 316 g/mol. The molecule has 1 saturated carbocycles. The Morgan fingerprint density at radius 3 is 2.41 bits per heavy atom. The molecule has 0 spiro atoms. The summed E-state index contributed by atoms with van der Waals surface area (Å²) in [6.07, 6.45) is 3.65. The number of aliphatic hydroxyl groups is 1. The summed E-state index contributed by atoms with van der Waals surface area (Å²) in [7, 11) is 4.53. The van der Waals surface area contributed by atoms with Gasteiger partial charge in [-0.2, -0.15) is 0 Å². The van der Waals surface area contributed by atoms with E-state index in [1.807, 2.05) is 0 Å². The van der Waals surface area contributed by atoms with Crippen molar-refractivity contribution in [2.24, 2.45) is 5.92 Å².